The summed E-state index contributed by atoms with van der Waals surface area (Å²) in [6.07, 6.45) is 3.21. The number of rotatable bonds is 11. The van der Waals surface area contributed by atoms with Gasteiger partial charge >= 0.3 is 0 Å². The molecule has 3 aromatic carbocycles. The molecule has 42 heavy (non-hydrogen) atoms. The molecule has 0 heterocycles. The highest BCUT2D eigenvalue weighted by molar-refractivity contribution is 5.93. The molecule has 6 nitrogen and oxygen atoms in total. The number of anilines is 1. The highest BCUT2D eigenvalue weighted by Gasteiger charge is 2.36. The van der Waals surface area contributed by atoms with E-state index < -0.39 is 35.1 Å². The van der Waals surface area contributed by atoms with Gasteiger partial charge in [-0.2, -0.15) is 0 Å². The first kappa shape index (κ1) is 31.3. The fraction of sp³-hybridized carbons (Fsp3) is 0.382. The quantitative estimate of drug-likeness (QED) is 0.189. The molecule has 224 valence electrons. The van der Waals surface area contributed by atoms with Crippen molar-refractivity contribution in [1.82, 2.24) is 16.2 Å². The molecule has 0 saturated heterocycles. The average Bonchev–Trinajstić information content (AvgIpc) is 2.95. The fourth-order valence-corrected chi connectivity index (χ4v) is 5.52. The van der Waals surface area contributed by atoms with Crippen molar-refractivity contribution in [2.75, 3.05) is 18.9 Å². The number of allylic oxidation sites excluding steroid dienone is 1. The summed E-state index contributed by atoms with van der Waals surface area (Å²) in [5, 5.41) is 18.0. The number of halogens is 2. The van der Waals surface area contributed by atoms with Gasteiger partial charge in [0.15, 0.2) is 0 Å². The third-order valence-corrected chi connectivity index (χ3v) is 7.95. The summed E-state index contributed by atoms with van der Waals surface area (Å²) in [6, 6.07) is 20.7. The van der Waals surface area contributed by atoms with E-state index in [1.165, 1.54) is 17.7 Å². The summed E-state index contributed by atoms with van der Waals surface area (Å²) in [7, 11) is 1.83. The van der Waals surface area contributed by atoms with Crippen LogP contribution in [-0.4, -0.2) is 30.7 Å². The van der Waals surface area contributed by atoms with Gasteiger partial charge in [0.1, 0.15) is 11.6 Å². The number of amides is 1. The first-order valence-electron chi connectivity index (χ1n) is 14.5. The summed E-state index contributed by atoms with van der Waals surface area (Å²) >= 11 is 0. The van der Waals surface area contributed by atoms with Crippen LogP contribution >= 0.6 is 0 Å². The van der Waals surface area contributed by atoms with Gasteiger partial charge in [-0.05, 0) is 72.1 Å². The van der Waals surface area contributed by atoms with E-state index in [-0.39, 0.29) is 18.4 Å². The number of aliphatic hydroxyl groups excluding tert-OH is 1. The molecule has 0 aromatic heterocycles. The molecule has 1 aliphatic rings. The minimum Gasteiger partial charge on any atom is -0.391 e. The van der Waals surface area contributed by atoms with E-state index >= 15 is 0 Å². The molecule has 5 N–H and O–H groups in total. The summed E-state index contributed by atoms with van der Waals surface area (Å²) in [5.41, 5.74) is 9.94. The zero-order valence-electron chi connectivity index (χ0n) is 24.8. The van der Waals surface area contributed by atoms with Crippen LogP contribution < -0.4 is 21.5 Å². The molecule has 4 rings (SSSR count). The van der Waals surface area contributed by atoms with Crippen LogP contribution in [0.25, 0.3) is 0 Å². The van der Waals surface area contributed by atoms with Gasteiger partial charge in [0.2, 0.25) is 5.91 Å². The van der Waals surface area contributed by atoms with Crippen LogP contribution in [0.5, 0.6) is 0 Å². The summed E-state index contributed by atoms with van der Waals surface area (Å²) in [4.78, 5) is 13.5. The molecule has 8 heteroatoms. The Balaban J connectivity index is 1.62. The Morgan fingerprint density at radius 2 is 1.71 bits per heavy atom. The minimum atomic E-state index is -1.14. The van der Waals surface area contributed by atoms with E-state index in [4.69, 9.17) is 0 Å². The normalized spacial score (nSPS) is 18.6. The molecule has 0 spiro atoms. The van der Waals surface area contributed by atoms with Gasteiger partial charge in [-0.1, -0.05) is 69.3 Å². The Hall–Kier alpha value is -3.59. The highest BCUT2D eigenvalue weighted by Crippen LogP contribution is 2.38. The molecule has 0 fully saturated rings. The van der Waals surface area contributed by atoms with Crippen LogP contribution in [0.15, 0.2) is 84.6 Å². The zero-order chi connectivity index (χ0) is 30.3. The van der Waals surface area contributed by atoms with Gasteiger partial charge < -0.3 is 21.2 Å². The number of para-hydroxylation sites is 1. The number of aliphatic hydroxyl groups is 1. The third kappa shape index (κ3) is 8.03. The predicted octanol–water partition coefficient (Wildman–Crippen LogP) is 5.70. The monoisotopic (exact) mass is 576 g/mol. The highest BCUT2D eigenvalue weighted by atomic mass is 19.1. The van der Waals surface area contributed by atoms with Crippen LogP contribution in [0.3, 0.4) is 0 Å². The molecule has 3 aromatic rings. The Bertz CT molecular complexity index is 1370. The zero-order valence-corrected chi connectivity index (χ0v) is 24.8. The Morgan fingerprint density at radius 1 is 1.00 bits per heavy atom. The lowest BCUT2D eigenvalue weighted by Crippen LogP contribution is -2.50. The standard InChI is InChI=1S/C34H42F2N4O2/c1-33(2,3)24-9-8-10-25(20-24)34(15-13-29(14-16-34)40-37-4)38-22-31(41)30(19-23-17-26(35)21-27(36)18-23)32(42)39-28-11-6-5-7-12-28/h5-13,17-18,20-21,30-31,37-38,40-41H,14-16,19,22H2,1-4H3,(H,39,42). The lowest BCUT2D eigenvalue weighted by atomic mass is 9.76. The van der Waals surface area contributed by atoms with Gasteiger partial charge in [-0.3, -0.25) is 4.79 Å². The number of hydrazine groups is 1. The van der Waals surface area contributed by atoms with Crippen molar-refractivity contribution < 1.29 is 18.7 Å². The van der Waals surface area contributed by atoms with Crippen LogP contribution in [0, 0.1) is 17.6 Å². The largest absolute Gasteiger partial charge is 0.391 e. The summed E-state index contributed by atoms with van der Waals surface area (Å²) in [6.45, 7) is 6.64. The average molecular weight is 577 g/mol. The lowest BCUT2D eigenvalue weighted by Gasteiger charge is -2.40. The third-order valence-electron chi connectivity index (χ3n) is 7.95. The van der Waals surface area contributed by atoms with Gasteiger partial charge in [0.05, 0.1) is 12.0 Å². The summed E-state index contributed by atoms with van der Waals surface area (Å²) < 4.78 is 28.1. The van der Waals surface area contributed by atoms with Crippen molar-refractivity contribution >= 4 is 11.6 Å². The Labute approximate surface area is 247 Å². The second-order valence-electron chi connectivity index (χ2n) is 12.1. The van der Waals surface area contributed by atoms with Crippen LogP contribution in [0.4, 0.5) is 14.5 Å². The second kappa shape index (κ2) is 13.6. The van der Waals surface area contributed by atoms with Crippen LogP contribution in [0.2, 0.25) is 0 Å². The van der Waals surface area contributed by atoms with Crippen molar-refractivity contribution in [3.05, 3.63) is 113 Å². The first-order chi connectivity index (χ1) is 20.0. The van der Waals surface area contributed by atoms with Crippen molar-refractivity contribution in [2.45, 2.75) is 63.5 Å². The number of carbonyl (C=O) groups excluding carboxylic acids is 1. The first-order valence-corrected chi connectivity index (χ1v) is 14.5. The van der Waals surface area contributed by atoms with E-state index in [0.717, 1.165) is 30.2 Å². The van der Waals surface area contributed by atoms with E-state index in [2.05, 4.69) is 72.6 Å². The Kier molecular flexibility index (Phi) is 10.1. The number of benzene rings is 3. The minimum absolute atomic E-state index is 0.0289. The maximum absolute atomic E-state index is 14.0. The predicted molar refractivity (Wildman–Crippen MR) is 164 cm³/mol. The molecule has 0 saturated carbocycles. The molecule has 0 radical (unpaired) electrons. The van der Waals surface area contributed by atoms with Crippen LogP contribution in [0.1, 0.15) is 56.7 Å². The summed E-state index contributed by atoms with van der Waals surface area (Å²) in [5.74, 6) is -2.83. The lowest BCUT2D eigenvalue weighted by molar-refractivity contribution is -0.123. The fourth-order valence-electron chi connectivity index (χ4n) is 5.52. The molecule has 3 unspecified atom stereocenters. The molecule has 1 aliphatic carbocycles. The second-order valence-corrected chi connectivity index (χ2v) is 12.1. The number of hydrogen-bond acceptors (Lipinski definition) is 5. The van der Waals surface area contributed by atoms with E-state index in [1.54, 1.807) is 24.3 Å². The van der Waals surface area contributed by atoms with Crippen molar-refractivity contribution in [1.29, 1.82) is 0 Å². The molecular weight excluding hydrogens is 534 g/mol. The van der Waals surface area contributed by atoms with Crippen molar-refractivity contribution in [3.63, 3.8) is 0 Å². The molecule has 3 atom stereocenters. The number of hydrogen-bond donors (Lipinski definition) is 5. The van der Waals surface area contributed by atoms with Crippen molar-refractivity contribution in [2.24, 2.45) is 5.92 Å². The van der Waals surface area contributed by atoms with Crippen LogP contribution in [-0.2, 0) is 22.2 Å². The van der Waals surface area contributed by atoms with E-state index in [1.807, 2.05) is 13.1 Å². The number of nitrogens with one attached hydrogen (secondary N) is 4. The van der Waals surface area contributed by atoms with E-state index in [0.29, 0.717) is 17.7 Å². The SMILES string of the molecule is CNNC1=CCC(NCC(O)C(Cc2cc(F)cc(F)c2)C(=O)Nc2ccccc2)(c2cccc(C(C)(C)C)c2)CC1. The maximum Gasteiger partial charge on any atom is 0.230 e. The molecule has 1 amide bonds. The Morgan fingerprint density at radius 3 is 2.33 bits per heavy atom. The topological polar surface area (TPSA) is 85.4 Å². The van der Waals surface area contributed by atoms with Gasteiger partial charge in [0, 0.05) is 36.6 Å². The van der Waals surface area contributed by atoms with E-state index in [9.17, 15) is 18.7 Å². The molecule has 0 aliphatic heterocycles. The van der Waals surface area contributed by atoms with Crippen molar-refractivity contribution in [3.8, 4) is 0 Å². The smallest absolute Gasteiger partial charge is 0.230 e. The maximum atomic E-state index is 14.0. The molecule has 0 bridgehead atoms. The number of carbonyl (C=O) groups is 1. The van der Waals surface area contributed by atoms with Gasteiger partial charge in [-0.15, -0.1) is 0 Å². The van der Waals surface area contributed by atoms with Gasteiger partial charge in [-0.25, -0.2) is 14.2 Å². The van der Waals surface area contributed by atoms with Gasteiger partial charge in [0.25, 0.3) is 0 Å². The molecular formula is C34H42F2N4O2.